The van der Waals surface area contributed by atoms with E-state index in [2.05, 4.69) is 5.32 Å². The molecule has 0 bridgehead atoms. The summed E-state index contributed by atoms with van der Waals surface area (Å²) in [7, 11) is 1.52. The van der Waals surface area contributed by atoms with Crippen LogP contribution in [0.3, 0.4) is 0 Å². The number of hydrogen-bond donors (Lipinski definition) is 2. The minimum Gasteiger partial charge on any atom is -0.495 e. The summed E-state index contributed by atoms with van der Waals surface area (Å²) in [5, 5.41) is 11.4. The molecule has 2 atom stereocenters. The number of rotatable bonds is 4. The van der Waals surface area contributed by atoms with Crippen LogP contribution >= 0.6 is 0 Å². The van der Waals surface area contributed by atoms with E-state index in [9.17, 15) is 9.59 Å². The molecule has 2 N–H and O–H groups in total. The smallest absolute Gasteiger partial charge is 0.307 e. The maximum Gasteiger partial charge on any atom is 0.307 e. The summed E-state index contributed by atoms with van der Waals surface area (Å²) in [6.07, 6.45) is 0.413. The fraction of sp³-hybridized carbons (Fsp3) is 0.333. The number of benzene rings is 1. The van der Waals surface area contributed by atoms with Crippen molar-refractivity contribution in [2.24, 2.45) is 11.8 Å². The molecule has 0 aliphatic heterocycles. The van der Waals surface area contributed by atoms with Crippen LogP contribution in [0.25, 0.3) is 0 Å². The number of para-hydroxylation sites is 2. The second-order valence-electron chi connectivity index (χ2n) is 3.98. The quantitative estimate of drug-likeness (QED) is 0.826. The maximum atomic E-state index is 11.7. The Hall–Kier alpha value is -2.04. The summed E-state index contributed by atoms with van der Waals surface area (Å²) >= 11 is 0. The second-order valence-corrected chi connectivity index (χ2v) is 3.98. The van der Waals surface area contributed by atoms with E-state index in [-0.39, 0.29) is 5.91 Å². The van der Waals surface area contributed by atoms with E-state index in [1.807, 2.05) is 0 Å². The van der Waals surface area contributed by atoms with Gasteiger partial charge in [0.25, 0.3) is 0 Å². The number of carbonyl (C=O) groups excluding carboxylic acids is 1. The molecular formula is C12H13NO4. The van der Waals surface area contributed by atoms with Gasteiger partial charge in [-0.05, 0) is 18.6 Å². The van der Waals surface area contributed by atoms with E-state index < -0.39 is 17.8 Å². The first-order valence-corrected chi connectivity index (χ1v) is 5.30. The highest BCUT2D eigenvalue weighted by molar-refractivity contribution is 5.99. The number of amides is 1. The molecule has 0 unspecified atom stereocenters. The first-order chi connectivity index (χ1) is 8.13. The molecule has 1 saturated carbocycles. The van der Waals surface area contributed by atoms with Gasteiger partial charge >= 0.3 is 5.97 Å². The molecule has 1 aliphatic carbocycles. The number of carboxylic acid groups (broad SMARTS) is 1. The third-order valence-electron chi connectivity index (χ3n) is 2.81. The average molecular weight is 235 g/mol. The Morgan fingerprint density at radius 2 is 2.06 bits per heavy atom. The van der Waals surface area contributed by atoms with Crippen LogP contribution in [-0.4, -0.2) is 24.1 Å². The Bertz CT molecular complexity index is 458. The zero-order valence-corrected chi connectivity index (χ0v) is 9.34. The van der Waals surface area contributed by atoms with Gasteiger partial charge in [-0.15, -0.1) is 0 Å². The minimum atomic E-state index is -0.912. The number of carboxylic acids is 1. The van der Waals surface area contributed by atoms with Gasteiger partial charge in [-0.25, -0.2) is 0 Å². The summed E-state index contributed by atoms with van der Waals surface area (Å²) in [4.78, 5) is 22.4. The molecule has 90 valence electrons. The normalized spacial score (nSPS) is 21.7. The largest absolute Gasteiger partial charge is 0.495 e. The molecule has 0 radical (unpaired) electrons. The van der Waals surface area contributed by atoms with Crippen molar-refractivity contribution >= 4 is 17.6 Å². The number of hydrogen-bond acceptors (Lipinski definition) is 3. The predicted molar refractivity (Wildman–Crippen MR) is 60.9 cm³/mol. The topological polar surface area (TPSA) is 75.6 Å². The monoisotopic (exact) mass is 235 g/mol. The second kappa shape index (κ2) is 4.45. The molecule has 0 aromatic heterocycles. The highest BCUT2D eigenvalue weighted by Gasteiger charge is 2.48. The van der Waals surface area contributed by atoms with Crippen molar-refractivity contribution in [3.63, 3.8) is 0 Å². The number of aliphatic carboxylic acids is 1. The SMILES string of the molecule is COc1ccccc1NC(=O)[C@@H]1C[C@@H]1C(=O)O. The van der Waals surface area contributed by atoms with Crippen molar-refractivity contribution in [2.75, 3.05) is 12.4 Å². The van der Waals surface area contributed by atoms with Crippen molar-refractivity contribution in [3.8, 4) is 5.75 Å². The van der Waals surface area contributed by atoms with Crippen molar-refractivity contribution in [3.05, 3.63) is 24.3 Å². The van der Waals surface area contributed by atoms with E-state index >= 15 is 0 Å². The standard InChI is InChI=1S/C12H13NO4/c1-17-10-5-3-2-4-9(10)13-11(14)7-6-8(7)12(15)16/h2-5,7-8H,6H2,1H3,(H,13,14)(H,15,16)/t7-,8+/m1/s1. The van der Waals surface area contributed by atoms with Crippen LogP contribution in [0.1, 0.15) is 6.42 Å². The van der Waals surface area contributed by atoms with Gasteiger partial charge in [0, 0.05) is 0 Å². The Kier molecular flexibility index (Phi) is 2.99. The number of ether oxygens (including phenoxy) is 1. The van der Waals surface area contributed by atoms with Gasteiger partial charge < -0.3 is 15.2 Å². The molecule has 2 rings (SSSR count). The Balaban J connectivity index is 2.02. The summed E-state index contributed by atoms with van der Waals surface area (Å²) < 4.78 is 5.09. The third-order valence-corrected chi connectivity index (χ3v) is 2.81. The van der Waals surface area contributed by atoms with E-state index in [4.69, 9.17) is 9.84 Å². The molecule has 0 heterocycles. The highest BCUT2D eigenvalue weighted by Crippen LogP contribution is 2.40. The molecule has 1 fully saturated rings. The van der Waals surface area contributed by atoms with Crippen LogP contribution in [-0.2, 0) is 9.59 Å². The van der Waals surface area contributed by atoms with Crippen LogP contribution in [0.15, 0.2) is 24.3 Å². The van der Waals surface area contributed by atoms with Crippen molar-refractivity contribution in [1.29, 1.82) is 0 Å². The van der Waals surface area contributed by atoms with Gasteiger partial charge in [0.15, 0.2) is 0 Å². The summed E-state index contributed by atoms with van der Waals surface area (Å²) in [6, 6.07) is 7.03. The molecule has 1 aromatic carbocycles. The van der Waals surface area contributed by atoms with Gasteiger partial charge in [0.2, 0.25) is 5.91 Å². The Labute approximate surface area is 98.4 Å². The fourth-order valence-electron chi connectivity index (χ4n) is 1.73. The van der Waals surface area contributed by atoms with E-state index in [0.29, 0.717) is 17.9 Å². The molecule has 5 nitrogen and oxygen atoms in total. The number of methoxy groups -OCH3 is 1. The maximum absolute atomic E-state index is 11.7. The molecule has 0 saturated heterocycles. The fourth-order valence-corrected chi connectivity index (χ4v) is 1.73. The molecule has 17 heavy (non-hydrogen) atoms. The van der Waals surface area contributed by atoms with Crippen LogP contribution in [0.5, 0.6) is 5.75 Å². The van der Waals surface area contributed by atoms with Gasteiger partial charge in [-0.3, -0.25) is 9.59 Å². The van der Waals surface area contributed by atoms with Crippen LogP contribution in [0.4, 0.5) is 5.69 Å². The van der Waals surface area contributed by atoms with Gasteiger partial charge in [0.05, 0.1) is 24.6 Å². The summed E-state index contributed by atoms with van der Waals surface area (Å²) in [6.45, 7) is 0. The first-order valence-electron chi connectivity index (χ1n) is 5.30. The number of carbonyl (C=O) groups is 2. The number of anilines is 1. The highest BCUT2D eigenvalue weighted by atomic mass is 16.5. The molecular weight excluding hydrogens is 222 g/mol. The Morgan fingerprint density at radius 1 is 1.35 bits per heavy atom. The molecule has 5 heteroatoms. The zero-order chi connectivity index (χ0) is 12.4. The van der Waals surface area contributed by atoms with Crippen LogP contribution in [0, 0.1) is 11.8 Å². The third kappa shape index (κ3) is 2.38. The lowest BCUT2D eigenvalue weighted by Gasteiger charge is -2.09. The molecule has 1 aromatic rings. The lowest BCUT2D eigenvalue weighted by Crippen LogP contribution is -2.17. The van der Waals surface area contributed by atoms with Gasteiger partial charge in [0.1, 0.15) is 5.75 Å². The summed E-state index contributed by atoms with van der Waals surface area (Å²) in [5.41, 5.74) is 0.566. The molecule has 1 aliphatic rings. The first kappa shape index (κ1) is 11.4. The van der Waals surface area contributed by atoms with E-state index in [1.54, 1.807) is 24.3 Å². The van der Waals surface area contributed by atoms with E-state index in [1.165, 1.54) is 7.11 Å². The van der Waals surface area contributed by atoms with Gasteiger partial charge in [-0.1, -0.05) is 12.1 Å². The van der Waals surface area contributed by atoms with Crippen LogP contribution < -0.4 is 10.1 Å². The summed E-state index contributed by atoms with van der Waals surface area (Å²) in [5.74, 6) is -1.57. The van der Waals surface area contributed by atoms with Crippen molar-refractivity contribution in [1.82, 2.24) is 0 Å². The van der Waals surface area contributed by atoms with Crippen LogP contribution in [0.2, 0.25) is 0 Å². The molecule has 1 amide bonds. The predicted octanol–water partition coefficient (Wildman–Crippen LogP) is 1.35. The minimum absolute atomic E-state index is 0.262. The zero-order valence-electron chi connectivity index (χ0n) is 9.34. The van der Waals surface area contributed by atoms with E-state index in [0.717, 1.165) is 0 Å². The van der Waals surface area contributed by atoms with Gasteiger partial charge in [-0.2, -0.15) is 0 Å². The lowest BCUT2D eigenvalue weighted by molar-refractivity contribution is -0.139. The lowest BCUT2D eigenvalue weighted by atomic mass is 10.2. The average Bonchev–Trinajstić information content (AvgIpc) is 3.09. The molecule has 0 spiro atoms. The number of nitrogens with one attached hydrogen (secondary N) is 1. The Morgan fingerprint density at radius 3 is 2.65 bits per heavy atom. The van der Waals surface area contributed by atoms with Crippen molar-refractivity contribution in [2.45, 2.75) is 6.42 Å². The van der Waals surface area contributed by atoms with Crippen molar-refractivity contribution < 1.29 is 19.4 Å².